The van der Waals surface area contributed by atoms with Crippen LogP contribution in [0.25, 0.3) is 0 Å². The first kappa shape index (κ1) is 18.9. The molecule has 1 aliphatic heterocycles. The summed E-state index contributed by atoms with van der Waals surface area (Å²) in [6.45, 7) is 4.72. The molecule has 0 bridgehead atoms. The summed E-state index contributed by atoms with van der Waals surface area (Å²) in [6, 6.07) is 12.1. The number of fused-ring (bicyclic) bond motifs is 1. The van der Waals surface area contributed by atoms with E-state index in [-0.39, 0.29) is 35.1 Å². The fourth-order valence-corrected chi connectivity index (χ4v) is 5.01. The molecule has 1 aliphatic carbocycles. The fraction of sp³-hybridized carbons (Fsp3) is 0.478. The molecule has 1 N–H and O–H groups in total. The third-order valence-corrected chi connectivity index (χ3v) is 6.48. The van der Waals surface area contributed by atoms with Gasteiger partial charge in [-0.25, -0.2) is 0 Å². The van der Waals surface area contributed by atoms with Gasteiger partial charge >= 0.3 is 0 Å². The van der Waals surface area contributed by atoms with Gasteiger partial charge in [0, 0.05) is 37.2 Å². The van der Waals surface area contributed by atoms with Crippen LogP contribution in [0.15, 0.2) is 41.2 Å². The van der Waals surface area contributed by atoms with E-state index in [0.717, 1.165) is 37.1 Å². The third kappa shape index (κ3) is 3.18. The van der Waals surface area contributed by atoms with E-state index in [1.54, 1.807) is 17.7 Å². The van der Waals surface area contributed by atoms with Crippen LogP contribution in [0.3, 0.4) is 0 Å². The number of hydrogen-bond donors (Lipinski definition) is 1. The predicted molar refractivity (Wildman–Crippen MR) is 109 cm³/mol. The Hall–Kier alpha value is -2.40. The second kappa shape index (κ2) is 7.55. The van der Waals surface area contributed by atoms with Gasteiger partial charge in [-0.3, -0.25) is 9.59 Å². The van der Waals surface area contributed by atoms with Gasteiger partial charge in [0.2, 0.25) is 0 Å². The first-order valence-electron chi connectivity index (χ1n) is 10.2. The highest BCUT2D eigenvalue weighted by Crippen LogP contribution is 2.45. The van der Waals surface area contributed by atoms with Crippen LogP contribution in [0.1, 0.15) is 40.5 Å². The van der Waals surface area contributed by atoms with Crippen LogP contribution in [0, 0.1) is 18.8 Å². The molecular formula is C23H28N2O3. The molecule has 4 atom stereocenters. The van der Waals surface area contributed by atoms with E-state index in [0.29, 0.717) is 5.92 Å². The number of pyridine rings is 1. The molecule has 28 heavy (non-hydrogen) atoms. The Bertz CT molecular complexity index is 935. The van der Waals surface area contributed by atoms with E-state index in [4.69, 9.17) is 4.74 Å². The van der Waals surface area contributed by atoms with E-state index in [2.05, 4.69) is 17.4 Å². The van der Waals surface area contributed by atoms with E-state index in [9.17, 15) is 9.59 Å². The van der Waals surface area contributed by atoms with Gasteiger partial charge in [-0.2, -0.15) is 0 Å². The number of nitrogens with one attached hydrogen (secondary N) is 1. The zero-order chi connectivity index (χ0) is 19.8. The maximum atomic E-state index is 13.0. The van der Waals surface area contributed by atoms with Crippen LogP contribution in [-0.2, 0) is 24.6 Å². The standard InChI is InChI=1S/C23H28N2O3/c1-4-19-14(2)12-18(23(27)25(19)3)22(26)24-20-16-10-11-28-21(16)17(20)13-15-8-6-5-7-9-15/h5-9,12,16-17,20-21H,4,10-11,13H2,1-3H3,(H,24,26)/t16-,17+,20-,21-/m0/s1. The van der Waals surface area contributed by atoms with Crippen LogP contribution in [0.5, 0.6) is 0 Å². The van der Waals surface area contributed by atoms with Crippen molar-refractivity contribution in [1.82, 2.24) is 9.88 Å². The Labute approximate surface area is 165 Å². The Morgan fingerprint density at radius 2 is 2.04 bits per heavy atom. The number of nitrogens with zero attached hydrogens (tertiary/aromatic N) is 1. The highest BCUT2D eigenvalue weighted by Gasteiger charge is 2.54. The molecule has 1 amide bonds. The summed E-state index contributed by atoms with van der Waals surface area (Å²) in [7, 11) is 1.74. The lowest BCUT2D eigenvalue weighted by Gasteiger charge is -2.48. The zero-order valence-electron chi connectivity index (χ0n) is 16.8. The molecule has 1 aromatic carbocycles. The minimum atomic E-state index is -0.264. The molecule has 2 fully saturated rings. The normalized spacial score (nSPS) is 25.8. The smallest absolute Gasteiger partial charge is 0.263 e. The fourth-order valence-electron chi connectivity index (χ4n) is 5.01. The molecule has 1 aromatic heterocycles. The van der Waals surface area contributed by atoms with Gasteiger partial charge in [0.1, 0.15) is 5.56 Å². The van der Waals surface area contributed by atoms with Crippen molar-refractivity contribution in [3.8, 4) is 0 Å². The van der Waals surface area contributed by atoms with Crippen molar-refractivity contribution < 1.29 is 9.53 Å². The maximum absolute atomic E-state index is 13.0. The molecule has 2 aromatic rings. The number of carbonyl (C=O) groups is 1. The largest absolute Gasteiger partial charge is 0.377 e. The Balaban J connectivity index is 1.55. The second-order valence-electron chi connectivity index (χ2n) is 8.05. The van der Waals surface area contributed by atoms with Gasteiger partial charge < -0.3 is 14.6 Å². The second-order valence-corrected chi connectivity index (χ2v) is 8.05. The van der Waals surface area contributed by atoms with Gasteiger partial charge in [-0.1, -0.05) is 37.3 Å². The Morgan fingerprint density at radius 3 is 2.75 bits per heavy atom. The van der Waals surface area contributed by atoms with Crippen LogP contribution in [0.2, 0.25) is 0 Å². The first-order valence-corrected chi connectivity index (χ1v) is 10.2. The van der Waals surface area contributed by atoms with Crippen molar-refractivity contribution in [2.24, 2.45) is 18.9 Å². The van der Waals surface area contributed by atoms with Gasteiger partial charge in [0.25, 0.3) is 11.5 Å². The SMILES string of the molecule is CCc1c(C)cc(C(=O)N[C@@H]2[C@@H](Cc3ccccc3)[C@H]3OCC[C@@H]23)c(=O)n1C. The summed E-state index contributed by atoms with van der Waals surface area (Å²) < 4.78 is 7.53. The zero-order valence-corrected chi connectivity index (χ0v) is 16.8. The topological polar surface area (TPSA) is 60.3 Å². The third-order valence-electron chi connectivity index (χ3n) is 6.48. The summed E-state index contributed by atoms with van der Waals surface area (Å²) in [6.07, 6.45) is 2.81. The van der Waals surface area contributed by atoms with Crippen molar-refractivity contribution >= 4 is 5.91 Å². The van der Waals surface area contributed by atoms with Crippen LogP contribution in [-0.4, -0.2) is 29.2 Å². The summed E-state index contributed by atoms with van der Waals surface area (Å²) in [5.74, 6) is 0.330. The van der Waals surface area contributed by atoms with Crippen molar-refractivity contribution in [1.29, 1.82) is 0 Å². The Morgan fingerprint density at radius 1 is 1.29 bits per heavy atom. The minimum Gasteiger partial charge on any atom is -0.377 e. The van der Waals surface area contributed by atoms with E-state index < -0.39 is 0 Å². The lowest BCUT2D eigenvalue weighted by Crippen LogP contribution is -2.62. The molecule has 2 heterocycles. The highest BCUT2D eigenvalue weighted by atomic mass is 16.5. The maximum Gasteiger partial charge on any atom is 0.263 e. The number of aromatic nitrogens is 1. The first-order chi connectivity index (χ1) is 13.5. The monoisotopic (exact) mass is 380 g/mol. The average Bonchev–Trinajstić information content (AvgIpc) is 3.13. The number of hydrogen-bond acceptors (Lipinski definition) is 3. The lowest BCUT2D eigenvalue weighted by molar-refractivity contribution is -0.0528. The molecule has 1 saturated carbocycles. The number of ether oxygens (including phenoxy) is 1. The summed E-state index contributed by atoms with van der Waals surface area (Å²) in [5, 5.41) is 3.17. The van der Waals surface area contributed by atoms with Crippen molar-refractivity contribution in [3.05, 3.63) is 69.1 Å². The molecule has 1 saturated heterocycles. The van der Waals surface area contributed by atoms with Crippen molar-refractivity contribution in [3.63, 3.8) is 0 Å². The van der Waals surface area contributed by atoms with Gasteiger partial charge in [-0.15, -0.1) is 0 Å². The molecule has 5 nitrogen and oxygen atoms in total. The molecule has 0 radical (unpaired) electrons. The molecule has 2 aliphatic rings. The van der Waals surface area contributed by atoms with Crippen molar-refractivity contribution in [2.75, 3.05) is 6.61 Å². The number of benzene rings is 1. The predicted octanol–water partition coefficient (Wildman–Crippen LogP) is 2.63. The van der Waals surface area contributed by atoms with Crippen LogP contribution < -0.4 is 10.9 Å². The van der Waals surface area contributed by atoms with Crippen molar-refractivity contribution in [2.45, 2.75) is 45.3 Å². The molecule has 0 unspecified atom stereocenters. The summed E-state index contributed by atoms with van der Waals surface area (Å²) in [4.78, 5) is 25.7. The molecule has 0 spiro atoms. The summed E-state index contributed by atoms with van der Waals surface area (Å²) >= 11 is 0. The molecule has 5 heteroatoms. The summed E-state index contributed by atoms with van der Waals surface area (Å²) in [5.41, 5.74) is 3.21. The minimum absolute atomic E-state index is 0.0519. The van der Waals surface area contributed by atoms with E-state index >= 15 is 0 Å². The van der Waals surface area contributed by atoms with Gasteiger partial charge in [0.15, 0.2) is 0 Å². The number of carbonyl (C=O) groups excluding carboxylic acids is 1. The Kier molecular flexibility index (Phi) is 5.11. The quantitative estimate of drug-likeness (QED) is 0.867. The van der Waals surface area contributed by atoms with Crippen LogP contribution >= 0.6 is 0 Å². The van der Waals surface area contributed by atoms with E-state index in [1.165, 1.54) is 5.56 Å². The number of aryl methyl sites for hydroxylation is 1. The lowest BCUT2D eigenvalue weighted by atomic mass is 9.64. The van der Waals surface area contributed by atoms with Gasteiger partial charge in [0.05, 0.1) is 6.10 Å². The number of rotatable bonds is 5. The average molecular weight is 380 g/mol. The molecule has 4 rings (SSSR count). The van der Waals surface area contributed by atoms with Crippen LogP contribution in [0.4, 0.5) is 0 Å². The van der Waals surface area contributed by atoms with Gasteiger partial charge in [-0.05, 0) is 43.4 Å². The number of amides is 1. The molecular weight excluding hydrogens is 352 g/mol. The molecule has 148 valence electrons. The van der Waals surface area contributed by atoms with E-state index in [1.807, 2.05) is 32.0 Å². The highest BCUT2D eigenvalue weighted by molar-refractivity contribution is 5.94.